The van der Waals surface area contributed by atoms with Crippen molar-refractivity contribution in [3.8, 4) is 0 Å². The van der Waals surface area contributed by atoms with Crippen LogP contribution >= 0.6 is 0 Å². The summed E-state index contributed by atoms with van der Waals surface area (Å²) in [5.41, 5.74) is 2.06. The highest BCUT2D eigenvalue weighted by molar-refractivity contribution is 5.96. The maximum Gasteiger partial charge on any atom is 0.259 e. The standard InChI is InChI=1S/C16H21N3O3/c1-4-6-12-9-13(18-22-12)14-7-5-8-19(14)16(20)15-10(2)17-21-11(15)3/h9,14H,4-8H2,1-3H3/t14-/m0/s1. The maximum absolute atomic E-state index is 12.8. The van der Waals surface area contributed by atoms with E-state index < -0.39 is 0 Å². The summed E-state index contributed by atoms with van der Waals surface area (Å²) in [6.45, 7) is 6.40. The summed E-state index contributed by atoms with van der Waals surface area (Å²) in [5.74, 6) is 1.42. The molecule has 3 heterocycles. The van der Waals surface area contributed by atoms with Crippen LogP contribution in [0, 0.1) is 13.8 Å². The molecule has 2 aromatic rings. The second kappa shape index (κ2) is 5.94. The lowest BCUT2D eigenvalue weighted by Crippen LogP contribution is -2.31. The van der Waals surface area contributed by atoms with Crippen molar-refractivity contribution in [1.29, 1.82) is 0 Å². The molecule has 118 valence electrons. The van der Waals surface area contributed by atoms with Crippen molar-refractivity contribution in [2.45, 2.75) is 52.5 Å². The molecule has 6 heteroatoms. The Bertz CT molecular complexity index is 654. The molecule has 0 saturated carbocycles. The zero-order chi connectivity index (χ0) is 15.7. The van der Waals surface area contributed by atoms with Gasteiger partial charge in [0.25, 0.3) is 5.91 Å². The highest BCUT2D eigenvalue weighted by Gasteiger charge is 2.35. The molecule has 0 aliphatic carbocycles. The van der Waals surface area contributed by atoms with Gasteiger partial charge in [-0.15, -0.1) is 0 Å². The molecule has 0 bridgehead atoms. The number of rotatable bonds is 4. The lowest BCUT2D eigenvalue weighted by atomic mass is 10.1. The lowest BCUT2D eigenvalue weighted by Gasteiger charge is -2.22. The number of hydrogen-bond acceptors (Lipinski definition) is 5. The summed E-state index contributed by atoms with van der Waals surface area (Å²) in [7, 11) is 0. The van der Waals surface area contributed by atoms with Gasteiger partial charge in [-0.3, -0.25) is 4.79 Å². The first-order valence-corrected chi connectivity index (χ1v) is 7.81. The van der Waals surface area contributed by atoms with Gasteiger partial charge < -0.3 is 13.9 Å². The summed E-state index contributed by atoms with van der Waals surface area (Å²) >= 11 is 0. The number of aromatic nitrogens is 2. The Morgan fingerprint density at radius 3 is 2.86 bits per heavy atom. The molecule has 0 aromatic carbocycles. The van der Waals surface area contributed by atoms with Gasteiger partial charge in [-0.25, -0.2) is 0 Å². The first kappa shape index (κ1) is 14.8. The molecule has 1 aliphatic rings. The average Bonchev–Trinajstić information content (AvgIpc) is 3.19. The first-order chi connectivity index (χ1) is 10.6. The molecule has 22 heavy (non-hydrogen) atoms. The third-order valence-electron chi connectivity index (χ3n) is 4.18. The third-order valence-corrected chi connectivity index (χ3v) is 4.18. The number of nitrogens with zero attached hydrogens (tertiary/aromatic N) is 3. The van der Waals surface area contributed by atoms with Gasteiger partial charge in [0.15, 0.2) is 0 Å². The molecule has 1 fully saturated rings. The molecule has 6 nitrogen and oxygen atoms in total. The SMILES string of the molecule is CCCc1cc([C@@H]2CCCN2C(=O)c2c(C)noc2C)no1. The number of carbonyl (C=O) groups is 1. The topological polar surface area (TPSA) is 72.4 Å². The van der Waals surface area contributed by atoms with Crippen LogP contribution in [-0.2, 0) is 6.42 Å². The van der Waals surface area contributed by atoms with E-state index in [1.165, 1.54) is 0 Å². The second-order valence-corrected chi connectivity index (χ2v) is 5.82. The van der Waals surface area contributed by atoms with Crippen molar-refractivity contribution >= 4 is 5.91 Å². The molecule has 2 aromatic heterocycles. The Morgan fingerprint density at radius 2 is 2.18 bits per heavy atom. The number of aryl methyl sites for hydroxylation is 3. The summed E-state index contributed by atoms with van der Waals surface area (Å²) in [5, 5.41) is 8.05. The Morgan fingerprint density at radius 1 is 1.36 bits per heavy atom. The van der Waals surface area contributed by atoms with Crippen molar-refractivity contribution < 1.29 is 13.8 Å². The van der Waals surface area contributed by atoms with Crippen LogP contribution in [0.4, 0.5) is 0 Å². The molecule has 1 aliphatic heterocycles. The monoisotopic (exact) mass is 303 g/mol. The average molecular weight is 303 g/mol. The summed E-state index contributed by atoms with van der Waals surface area (Å²) in [6, 6.07) is 1.96. The van der Waals surface area contributed by atoms with E-state index in [1.54, 1.807) is 13.8 Å². The van der Waals surface area contributed by atoms with Crippen molar-refractivity contribution in [2.24, 2.45) is 0 Å². The van der Waals surface area contributed by atoms with E-state index in [-0.39, 0.29) is 11.9 Å². The Kier molecular flexibility index (Phi) is 4.00. The van der Waals surface area contributed by atoms with Crippen LogP contribution in [0.3, 0.4) is 0 Å². The van der Waals surface area contributed by atoms with E-state index in [2.05, 4.69) is 17.2 Å². The van der Waals surface area contributed by atoms with E-state index in [1.807, 2.05) is 11.0 Å². The molecular formula is C16H21N3O3. The maximum atomic E-state index is 12.8. The van der Waals surface area contributed by atoms with Gasteiger partial charge >= 0.3 is 0 Å². The van der Waals surface area contributed by atoms with Crippen LogP contribution in [0.2, 0.25) is 0 Å². The zero-order valence-corrected chi connectivity index (χ0v) is 13.3. The van der Waals surface area contributed by atoms with Crippen LogP contribution in [0.15, 0.2) is 15.1 Å². The fourth-order valence-corrected chi connectivity index (χ4v) is 3.10. The predicted octanol–water partition coefficient (Wildman–Crippen LogP) is 3.21. The van der Waals surface area contributed by atoms with E-state index in [0.717, 1.165) is 43.7 Å². The third kappa shape index (κ3) is 2.53. The second-order valence-electron chi connectivity index (χ2n) is 5.82. The number of carbonyl (C=O) groups excluding carboxylic acids is 1. The summed E-state index contributed by atoms with van der Waals surface area (Å²) in [4.78, 5) is 14.7. The summed E-state index contributed by atoms with van der Waals surface area (Å²) < 4.78 is 10.5. The quantitative estimate of drug-likeness (QED) is 0.867. The van der Waals surface area contributed by atoms with Gasteiger partial charge in [0.1, 0.15) is 22.8 Å². The van der Waals surface area contributed by atoms with E-state index in [4.69, 9.17) is 9.05 Å². The Labute approximate surface area is 129 Å². The summed E-state index contributed by atoms with van der Waals surface area (Å²) in [6.07, 6.45) is 3.77. The van der Waals surface area contributed by atoms with Gasteiger partial charge in [-0.05, 0) is 33.1 Å². The van der Waals surface area contributed by atoms with Gasteiger partial charge in [0.05, 0.1) is 11.7 Å². The molecule has 0 unspecified atom stereocenters. The lowest BCUT2D eigenvalue weighted by molar-refractivity contribution is 0.0728. The van der Waals surface area contributed by atoms with Crippen molar-refractivity contribution in [1.82, 2.24) is 15.2 Å². The van der Waals surface area contributed by atoms with Crippen molar-refractivity contribution in [3.63, 3.8) is 0 Å². The Hall–Kier alpha value is -2.11. The number of hydrogen-bond donors (Lipinski definition) is 0. The molecule has 0 radical (unpaired) electrons. The molecule has 0 N–H and O–H groups in total. The largest absolute Gasteiger partial charge is 0.361 e. The number of likely N-dealkylation sites (tertiary alicyclic amines) is 1. The van der Waals surface area contributed by atoms with E-state index >= 15 is 0 Å². The fourth-order valence-electron chi connectivity index (χ4n) is 3.10. The van der Waals surface area contributed by atoms with Crippen LogP contribution in [0.5, 0.6) is 0 Å². The van der Waals surface area contributed by atoms with Crippen LogP contribution < -0.4 is 0 Å². The van der Waals surface area contributed by atoms with Gasteiger partial charge in [-0.1, -0.05) is 17.2 Å². The van der Waals surface area contributed by atoms with Gasteiger partial charge in [0.2, 0.25) is 0 Å². The zero-order valence-electron chi connectivity index (χ0n) is 13.3. The predicted molar refractivity (Wildman–Crippen MR) is 79.5 cm³/mol. The number of amides is 1. The van der Waals surface area contributed by atoms with E-state index in [9.17, 15) is 4.79 Å². The van der Waals surface area contributed by atoms with Gasteiger partial charge in [0, 0.05) is 19.0 Å². The normalized spacial score (nSPS) is 18.1. The van der Waals surface area contributed by atoms with Crippen LogP contribution in [-0.4, -0.2) is 27.7 Å². The van der Waals surface area contributed by atoms with Gasteiger partial charge in [-0.2, -0.15) is 0 Å². The van der Waals surface area contributed by atoms with Crippen LogP contribution in [0.1, 0.15) is 65.5 Å². The van der Waals surface area contributed by atoms with Crippen molar-refractivity contribution in [2.75, 3.05) is 6.54 Å². The fraction of sp³-hybridized carbons (Fsp3) is 0.562. The van der Waals surface area contributed by atoms with Crippen LogP contribution in [0.25, 0.3) is 0 Å². The van der Waals surface area contributed by atoms with E-state index in [0.29, 0.717) is 17.0 Å². The molecule has 0 spiro atoms. The smallest absolute Gasteiger partial charge is 0.259 e. The molecule has 3 rings (SSSR count). The molecule has 1 atom stereocenters. The highest BCUT2D eigenvalue weighted by Crippen LogP contribution is 2.33. The first-order valence-electron chi connectivity index (χ1n) is 7.81. The minimum absolute atomic E-state index is 0.0180. The minimum Gasteiger partial charge on any atom is -0.361 e. The molecule has 1 amide bonds. The molecular weight excluding hydrogens is 282 g/mol. The van der Waals surface area contributed by atoms with Crippen molar-refractivity contribution in [3.05, 3.63) is 34.5 Å². The minimum atomic E-state index is -0.0289. The molecule has 1 saturated heterocycles. The Balaban J connectivity index is 1.85. The highest BCUT2D eigenvalue weighted by atomic mass is 16.5.